The molecular weight excluding hydrogens is 270 g/mol. The van der Waals surface area contributed by atoms with Crippen molar-refractivity contribution in [3.8, 4) is 0 Å². The van der Waals surface area contributed by atoms with Gasteiger partial charge < -0.3 is 14.7 Å². The summed E-state index contributed by atoms with van der Waals surface area (Å²) in [7, 11) is 0. The summed E-state index contributed by atoms with van der Waals surface area (Å²) in [6.45, 7) is 5.45. The van der Waals surface area contributed by atoms with Crippen LogP contribution in [0.15, 0.2) is 0 Å². The molecule has 5 nitrogen and oxygen atoms in total. The Morgan fingerprint density at radius 2 is 1.86 bits per heavy atom. The van der Waals surface area contributed by atoms with Crippen molar-refractivity contribution in [2.24, 2.45) is 17.8 Å². The monoisotopic (exact) mass is 297 g/mol. The highest BCUT2D eigenvalue weighted by Crippen LogP contribution is 2.31. The molecule has 1 aliphatic heterocycles. The Kier molecular flexibility index (Phi) is 5.62. The van der Waals surface area contributed by atoms with E-state index in [1.807, 2.05) is 6.92 Å². The van der Waals surface area contributed by atoms with Crippen LogP contribution in [0.3, 0.4) is 0 Å². The van der Waals surface area contributed by atoms with Crippen molar-refractivity contribution in [2.45, 2.75) is 52.0 Å². The van der Waals surface area contributed by atoms with Crippen molar-refractivity contribution >= 4 is 11.9 Å². The highest BCUT2D eigenvalue weighted by Gasteiger charge is 2.41. The standard InChI is InChI=1S/C16H27NO4/c1-3-8-17(14-10-21-9-13(14)16(19)20)15(18)12-6-4-11(2)5-7-12/h11-14H,3-10H2,1-2H3,(H,19,20). The molecule has 2 unspecified atom stereocenters. The molecule has 0 aromatic rings. The number of carboxylic acids is 1. The summed E-state index contributed by atoms with van der Waals surface area (Å²) in [5.74, 6) is -0.518. The molecule has 5 heteroatoms. The fourth-order valence-electron chi connectivity index (χ4n) is 3.51. The molecular formula is C16H27NO4. The van der Waals surface area contributed by atoms with Crippen molar-refractivity contribution in [3.63, 3.8) is 0 Å². The first kappa shape index (κ1) is 16.3. The van der Waals surface area contributed by atoms with Crippen LogP contribution < -0.4 is 0 Å². The number of carboxylic acid groups (broad SMARTS) is 1. The Morgan fingerprint density at radius 1 is 1.19 bits per heavy atom. The van der Waals surface area contributed by atoms with Gasteiger partial charge in [0.1, 0.15) is 5.92 Å². The van der Waals surface area contributed by atoms with Gasteiger partial charge in [-0.2, -0.15) is 0 Å². The number of carbonyl (C=O) groups is 2. The van der Waals surface area contributed by atoms with Gasteiger partial charge in [0.25, 0.3) is 0 Å². The number of ether oxygens (including phenoxy) is 1. The largest absolute Gasteiger partial charge is 0.481 e. The van der Waals surface area contributed by atoms with Gasteiger partial charge in [-0.3, -0.25) is 9.59 Å². The van der Waals surface area contributed by atoms with Crippen LogP contribution in [0.5, 0.6) is 0 Å². The number of amides is 1. The van der Waals surface area contributed by atoms with E-state index in [0.717, 1.165) is 32.1 Å². The SMILES string of the molecule is CCCN(C(=O)C1CCC(C)CC1)C1COCC1C(=O)O. The summed E-state index contributed by atoms with van der Waals surface area (Å²) in [6.07, 6.45) is 4.91. The summed E-state index contributed by atoms with van der Waals surface area (Å²) in [5, 5.41) is 9.31. The molecule has 2 rings (SSSR count). The average molecular weight is 297 g/mol. The van der Waals surface area contributed by atoms with Gasteiger partial charge in [0, 0.05) is 12.5 Å². The molecule has 120 valence electrons. The van der Waals surface area contributed by atoms with E-state index in [9.17, 15) is 14.7 Å². The van der Waals surface area contributed by atoms with Gasteiger partial charge in [-0.15, -0.1) is 0 Å². The maximum absolute atomic E-state index is 12.8. The van der Waals surface area contributed by atoms with Gasteiger partial charge >= 0.3 is 5.97 Å². The fraction of sp³-hybridized carbons (Fsp3) is 0.875. The zero-order valence-electron chi connectivity index (χ0n) is 13.1. The van der Waals surface area contributed by atoms with E-state index in [-0.39, 0.29) is 24.5 Å². The van der Waals surface area contributed by atoms with Crippen LogP contribution in [-0.2, 0) is 14.3 Å². The lowest BCUT2D eigenvalue weighted by Gasteiger charge is -2.35. The van der Waals surface area contributed by atoms with Crippen molar-refractivity contribution < 1.29 is 19.4 Å². The van der Waals surface area contributed by atoms with Gasteiger partial charge in [0.15, 0.2) is 0 Å². The summed E-state index contributed by atoms with van der Waals surface area (Å²) in [5.41, 5.74) is 0. The summed E-state index contributed by atoms with van der Waals surface area (Å²) in [6, 6.07) is -0.297. The number of hydrogen-bond donors (Lipinski definition) is 1. The first-order valence-corrected chi connectivity index (χ1v) is 8.15. The van der Waals surface area contributed by atoms with Crippen LogP contribution >= 0.6 is 0 Å². The Balaban J connectivity index is 2.07. The Bertz CT molecular complexity index is 376. The van der Waals surface area contributed by atoms with Crippen molar-refractivity contribution in [2.75, 3.05) is 19.8 Å². The van der Waals surface area contributed by atoms with Crippen LogP contribution in [0.1, 0.15) is 46.0 Å². The third-order valence-corrected chi connectivity index (χ3v) is 4.88. The summed E-state index contributed by atoms with van der Waals surface area (Å²) < 4.78 is 5.34. The van der Waals surface area contributed by atoms with E-state index in [0.29, 0.717) is 19.1 Å². The van der Waals surface area contributed by atoms with Gasteiger partial charge in [-0.25, -0.2) is 0 Å². The highest BCUT2D eigenvalue weighted by atomic mass is 16.5. The zero-order chi connectivity index (χ0) is 15.4. The van der Waals surface area contributed by atoms with Crippen molar-refractivity contribution in [1.82, 2.24) is 4.90 Å². The molecule has 2 atom stereocenters. The molecule has 1 amide bonds. The second-order valence-corrected chi connectivity index (χ2v) is 6.54. The van der Waals surface area contributed by atoms with E-state index in [1.165, 1.54) is 0 Å². The number of aliphatic carboxylic acids is 1. The van der Waals surface area contributed by atoms with Gasteiger partial charge in [-0.05, 0) is 38.0 Å². The predicted molar refractivity (Wildman–Crippen MR) is 78.9 cm³/mol. The van der Waals surface area contributed by atoms with Crippen molar-refractivity contribution in [3.05, 3.63) is 0 Å². The molecule has 1 N–H and O–H groups in total. The Labute approximate surface area is 126 Å². The van der Waals surface area contributed by atoms with Gasteiger partial charge in [-0.1, -0.05) is 13.8 Å². The van der Waals surface area contributed by atoms with E-state index in [2.05, 4.69) is 6.92 Å². The molecule has 0 bridgehead atoms. The van der Waals surface area contributed by atoms with Gasteiger partial charge in [0.2, 0.25) is 5.91 Å². The van der Waals surface area contributed by atoms with Crippen LogP contribution in [0.25, 0.3) is 0 Å². The highest BCUT2D eigenvalue weighted by molar-refractivity contribution is 5.80. The third-order valence-electron chi connectivity index (χ3n) is 4.88. The minimum absolute atomic E-state index is 0.0720. The van der Waals surface area contributed by atoms with Crippen LogP contribution in [0, 0.1) is 17.8 Å². The predicted octanol–water partition coefficient (Wildman–Crippen LogP) is 2.15. The number of rotatable bonds is 5. The lowest BCUT2D eigenvalue weighted by Crippen LogP contribution is -2.49. The summed E-state index contributed by atoms with van der Waals surface area (Å²) in [4.78, 5) is 26.0. The van der Waals surface area contributed by atoms with E-state index >= 15 is 0 Å². The molecule has 2 fully saturated rings. The maximum atomic E-state index is 12.8. The topological polar surface area (TPSA) is 66.8 Å². The molecule has 1 heterocycles. The molecule has 0 radical (unpaired) electrons. The molecule has 1 aliphatic carbocycles. The number of nitrogens with zero attached hydrogens (tertiary/aromatic N) is 1. The van der Waals surface area contributed by atoms with E-state index < -0.39 is 11.9 Å². The van der Waals surface area contributed by atoms with Crippen LogP contribution in [0.2, 0.25) is 0 Å². The summed E-state index contributed by atoms with van der Waals surface area (Å²) >= 11 is 0. The second kappa shape index (κ2) is 7.25. The number of hydrogen-bond acceptors (Lipinski definition) is 3. The first-order chi connectivity index (χ1) is 10.0. The minimum atomic E-state index is -0.858. The van der Waals surface area contributed by atoms with E-state index in [1.54, 1.807) is 4.90 Å². The third kappa shape index (κ3) is 3.76. The fourth-order valence-corrected chi connectivity index (χ4v) is 3.51. The minimum Gasteiger partial charge on any atom is -0.481 e. The molecule has 1 saturated carbocycles. The normalized spacial score (nSPS) is 32.9. The smallest absolute Gasteiger partial charge is 0.311 e. The lowest BCUT2D eigenvalue weighted by atomic mass is 9.82. The Morgan fingerprint density at radius 3 is 2.43 bits per heavy atom. The zero-order valence-corrected chi connectivity index (χ0v) is 13.1. The van der Waals surface area contributed by atoms with E-state index in [4.69, 9.17) is 4.74 Å². The quantitative estimate of drug-likeness (QED) is 0.844. The molecule has 21 heavy (non-hydrogen) atoms. The number of carbonyl (C=O) groups excluding carboxylic acids is 1. The lowest BCUT2D eigenvalue weighted by molar-refractivity contribution is -0.146. The van der Waals surface area contributed by atoms with Crippen LogP contribution in [-0.4, -0.2) is 47.7 Å². The molecule has 0 aromatic carbocycles. The maximum Gasteiger partial charge on any atom is 0.311 e. The van der Waals surface area contributed by atoms with Crippen molar-refractivity contribution in [1.29, 1.82) is 0 Å². The second-order valence-electron chi connectivity index (χ2n) is 6.54. The molecule has 2 aliphatic rings. The Hall–Kier alpha value is -1.10. The molecule has 1 saturated heterocycles. The van der Waals surface area contributed by atoms with Gasteiger partial charge in [0.05, 0.1) is 19.3 Å². The first-order valence-electron chi connectivity index (χ1n) is 8.15. The average Bonchev–Trinajstić information content (AvgIpc) is 2.94. The molecule has 0 aromatic heterocycles. The van der Waals surface area contributed by atoms with Crippen LogP contribution in [0.4, 0.5) is 0 Å². The molecule has 0 spiro atoms.